The molecule has 0 unspecified atom stereocenters. The first-order valence-electron chi connectivity index (χ1n) is 7.66. The van der Waals surface area contributed by atoms with E-state index >= 15 is 0 Å². The fourth-order valence-electron chi connectivity index (χ4n) is 2.35. The highest BCUT2D eigenvalue weighted by Gasteiger charge is 2.25. The molecule has 0 bridgehead atoms. The van der Waals surface area contributed by atoms with Gasteiger partial charge in [-0.15, -0.1) is 11.3 Å². The van der Waals surface area contributed by atoms with Crippen molar-refractivity contribution in [3.8, 4) is 0 Å². The summed E-state index contributed by atoms with van der Waals surface area (Å²) in [5.74, 6) is -0.385. The van der Waals surface area contributed by atoms with E-state index in [1.807, 2.05) is 0 Å². The number of nitrogens with one attached hydrogen (secondary N) is 2. The maximum absolute atomic E-state index is 11.9. The average Bonchev–Trinajstić information content (AvgIpc) is 3.09. The van der Waals surface area contributed by atoms with Gasteiger partial charge in [0.1, 0.15) is 4.21 Å². The van der Waals surface area contributed by atoms with E-state index in [4.69, 9.17) is 4.74 Å². The molecule has 8 nitrogen and oxygen atoms in total. The lowest BCUT2D eigenvalue weighted by molar-refractivity contribution is -0.120. The molecule has 0 saturated carbocycles. The normalized spacial score (nSPS) is 16.0. The number of ether oxygens (including phenoxy) is 1. The summed E-state index contributed by atoms with van der Waals surface area (Å²) in [7, 11) is -3.64. The largest absolute Gasteiger partial charge is 0.450 e. The molecule has 1 aromatic heterocycles. The Labute approximate surface area is 145 Å². The Morgan fingerprint density at radius 1 is 1.38 bits per heavy atom. The van der Waals surface area contributed by atoms with Gasteiger partial charge in [0, 0.05) is 19.1 Å². The molecular formula is C14H21N3O5S2. The van der Waals surface area contributed by atoms with Crippen LogP contribution in [0.25, 0.3) is 0 Å². The van der Waals surface area contributed by atoms with Crippen molar-refractivity contribution in [3.63, 3.8) is 0 Å². The van der Waals surface area contributed by atoms with Crippen LogP contribution in [-0.2, 0) is 19.6 Å². The van der Waals surface area contributed by atoms with E-state index < -0.39 is 10.0 Å². The lowest BCUT2D eigenvalue weighted by Crippen LogP contribution is -2.48. The molecule has 2 amide bonds. The summed E-state index contributed by atoms with van der Waals surface area (Å²) in [5.41, 5.74) is 0. The second kappa shape index (κ2) is 8.45. The fraction of sp³-hybridized carbons (Fsp3) is 0.571. The zero-order valence-corrected chi connectivity index (χ0v) is 15.0. The molecule has 2 heterocycles. The fourth-order valence-corrected chi connectivity index (χ4v) is 4.37. The highest BCUT2D eigenvalue weighted by Crippen LogP contribution is 2.15. The average molecular weight is 375 g/mol. The summed E-state index contributed by atoms with van der Waals surface area (Å²) >= 11 is 1.09. The quantitative estimate of drug-likeness (QED) is 0.764. The van der Waals surface area contributed by atoms with Crippen LogP contribution in [0.15, 0.2) is 21.7 Å². The van der Waals surface area contributed by atoms with E-state index in [0.29, 0.717) is 32.5 Å². The number of amides is 2. The van der Waals surface area contributed by atoms with Crippen LogP contribution in [0.3, 0.4) is 0 Å². The van der Waals surface area contributed by atoms with Gasteiger partial charge >= 0.3 is 6.09 Å². The molecule has 0 aromatic carbocycles. The van der Waals surface area contributed by atoms with Crippen molar-refractivity contribution in [2.75, 3.05) is 26.2 Å². The molecule has 0 atom stereocenters. The van der Waals surface area contributed by atoms with Crippen LogP contribution in [-0.4, -0.2) is 57.6 Å². The van der Waals surface area contributed by atoms with Crippen LogP contribution in [0.4, 0.5) is 4.79 Å². The van der Waals surface area contributed by atoms with Crippen LogP contribution < -0.4 is 10.0 Å². The van der Waals surface area contributed by atoms with Crippen molar-refractivity contribution >= 4 is 33.4 Å². The molecule has 2 rings (SSSR count). The lowest BCUT2D eigenvalue weighted by atomic mass is 10.1. The SMILES string of the molecule is CCOC(=O)N1CCC(NC(=O)CNS(=O)(=O)c2cccs2)CC1. The zero-order valence-electron chi connectivity index (χ0n) is 13.4. The van der Waals surface area contributed by atoms with Crippen molar-refractivity contribution in [1.82, 2.24) is 14.9 Å². The van der Waals surface area contributed by atoms with E-state index in [-0.39, 0.29) is 28.8 Å². The summed E-state index contributed by atoms with van der Waals surface area (Å²) in [6.07, 6.45) is 0.885. The zero-order chi connectivity index (χ0) is 17.6. The summed E-state index contributed by atoms with van der Waals surface area (Å²) in [6, 6.07) is 3.04. The van der Waals surface area contributed by atoms with Crippen molar-refractivity contribution in [1.29, 1.82) is 0 Å². The van der Waals surface area contributed by atoms with Crippen LogP contribution in [0.2, 0.25) is 0 Å². The number of hydrogen-bond donors (Lipinski definition) is 2. The van der Waals surface area contributed by atoms with E-state index in [1.54, 1.807) is 23.3 Å². The van der Waals surface area contributed by atoms with Gasteiger partial charge in [-0.3, -0.25) is 4.79 Å². The second-order valence-electron chi connectivity index (χ2n) is 5.28. The predicted molar refractivity (Wildman–Crippen MR) is 89.3 cm³/mol. The van der Waals surface area contributed by atoms with Crippen molar-refractivity contribution in [3.05, 3.63) is 17.5 Å². The molecule has 1 aromatic rings. The standard InChI is InChI=1S/C14H21N3O5S2/c1-2-22-14(19)17-7-5-11(6-8-17)16-12(18)10-15-24(20,21)13-4-3-9-23-13/h3-4,9,11,15H,2,5-8,10H2,1H3,(H,16,18). The Bertz CT molecular complexity index is 652. The lowest BCUT2D eigenvalue weighted by Gasteiger charge is -2.31. The van der Waals surface area contributed by atoms with E-state index in [9.17, 15) is 18.0 Å². The maximum atomic E-state index is 11.9. The number of nitrogens with zero attached hydrogens (tertiary/aromatic N) is 1. The first-order chi connectivity index (χ1) is 11.4. The molecule has 1 fully saturated rings. The number of carbonyl (C=O) groups is 2. The van der Waals surface area contributed by atoms with Gasteiger partial charge in [0.2, 0.25) is 5.91 Å². The Kier molecular flexibility index (Phi) is 6.58. The smallest absolute Gasteiger partial charge is 0.409 e. The molecule has 0 spiro atoms. The molecule has 10 heteroatoms. The molecular weight excluding hydrogens is 354 g/mol. The third kappa shape index (κ3) is 5.18. The monoisotopic (exact) mass is 375 g/mol. The highest BCUT2D eigenvalue weighted by molar-refractivity contribution is 7.91. The summed E-state index contributed by atoms with van der Waals surface area (Å²) in [4.78, 5) is 25.1. The van der Waals surface area contributed by atoms with Gasteiger partial charge < -0.3 is 15.0 Å². The summed E-state index contributed by atoms with van der Waals surface area (Å²) < 4.78 is 31.3. The summed E-state index contributed by atoms with van der Waals surface area (Å²) in [5, 5.41) is 4.45. The van der Waals surface area contributed by atoms with Crippen LogP contribution in [0, 0.1) is 0 Å². The molecule has 1 aliphatic heterocycles. The van der Waals surface area contributed by atoms with E-state index in [0.717, 1.165) is 11.3 Å². The van der Waals surface area contributed by atoms with E-state index in [2.05, 4.69) is 10.0 Å². The van der Waals surface area contributed by atoms with Crippen LogP contribution in [0.5, 0.6) is 0 Å². The van der Waals surface area contributed by atoms with Crippen molar-refractivity contribution < 1.29 is 22.7 Å². The molecule has 134 valence electrons. The number of carbonyl (C=O) groups excluding carboxylic acids is 2. The number of hydrogen-bond acceptors (Lipinski definition) is 6. The number of thiophene rings is 1. The number of likely N-dealkylation sites (tertiary alicyclic amines) is 1. The minimum absolute atomic E-state index is 0.0746. The van der Waals surface area contributed by atoms with Crippen LogP contribution in [0.1, 0.15) is 19.8 Å². The van der Waals surface area contributed by atoms with Gasteiger partial charge in [0.05, 0.1) is 13.2 Å². The van der Waals surface area contributed by atoms with Crippen molar-refractivity contribution in [2.24, 2.45) is 0 Å². The highest BCUT2D eigenvalue weighted by atomic mass is 32.2. The van der Waals surface area contributed by atoms with Crippen molar-refractivity contribution in [2.45, 2.75) is 30.0 Å². The minimum Gasteiger partial charge on any atom is -0.450 e. The van der Waals surface area contributed by atoms with Gasteiger partial charge in [0.15, 0.2) is 0 Å². The second-order valence-corrected chi connectivity index (χ2v) is 8.23. The molecule has 0 aliphatic carbocycles. The third-order valence-corrected chi connectivity index (χ3v) is 6.37. The van der Waals surface area contributed by atoms with Gasteiger partial charge in [-0.05, 0) is 31.2 Å². The molecule has 1 aliphatic rings. The molecule has 24 heavy (non-hydrogen) atoms. The Hall–Kier alpha value is -1.65. The molecule has 2 N–H and O–H groups in total. The van der Waals surface area contributed by atoms with Crippen LogP contribution >= 0.6 is 11.3 Å². The topological polar surface area (TPSA) is 105 Å². The van der Waals surface area contributed by atoms with Gasteiger partial charge in [0.25, 0.3) is 10.0 Å². The number of sulfonamides is 1. The number of piperidine rings is 1. The molecule has 1 saturated heterocycles. The molecule has 0 radical (unpaired) electrons. The summed E-state index contributed by atoms with van der Waals surface area (Å²) in [6.45, 7) is 2.79. The Balaban J connectivity index is 1.73. The first kappa shape index (κ1) is 18.7. The van der Waals surface area contributed by atoms with Gasteiger partial charge in [-0.1, -0.05) is 6.07 Å². The minimum atomic E-state index is -3.64. The number of rotatable bonds is 6. The third-order valence-electron chi connectivity index (χ3n) is 3.57. The van der Waals surface area contributed by atoms with Gasteiger partial charge in [-0.25, -0.2) is 17.9 Å². The van der Waals surface area contributed by atoms with E-state index in [1.165, 1.54) is 6.07 Å². The Morgan fingerprint density at radius 2 is 2.08 bits per heavy atom. The maximum Gasteiger partial charge on any atom is 0.409 e. The first-order valence-corrected chi connectivity index (χ1v) is 10.0. The predicted octanol–water partition coefficient (Wildman–Crippen LogP) is 0.763. The Morgan fingerprint density at radius 3 is 2.67 bits per heavy atom. The van der Waals surface area contributed by atoms with Gasteiger partial charge in [-0.2, -0.15) is 0 Å².